The topological polar surface area (TPSA) is 73.1 Å². The van der Waals surface area contributed by atoms with Crippen LogP contribution in [0.1, 0.15) is 11.1 Å². The fourth-order valence-corrected chi connectivity index (χ4v) is 2.61. The molecule has 0 atom stereocenters. The predicted molar refractivity (Wildman–Crippen MR) is 124 cm³/mol. The van der Waals surface area contributed by atoms with E-state index in [0.717, 1.165) is 11.0 Å². The van der Waals surface area contributed by atoms with Gasteiger partial charge in [0.1, 0.15) is 6.54 Å². The molecule has 0 fully saturated rings. The zero-order valence-electron chi connectivity index (χ0n) is 17.6. The fourth-order valence-electron chi connectivity index (χ4n) is 2.34. The van der Waals surface area contributed by atoms with E-state index in [2.05, 4.69) is 51.5 Å². The summed E-state index contributed by atoms with van der Waals surface area (Å²) in [6.07, 6.45) is 0. The lowest BCUT2D eigenvalue weighted by molar-refractivity contribution is -0.884. The molecule has 3 rings (SSSR count). The minimum Gasteiger partial charge on any atom is -0.870 e. The van der Waals surface area contributed by atoms with Crippen LogP contribution in [0.2, 0.25) is 10.0 Å². The van der Waals surface area contributed by atoms with Crippen LogP contribution in [-0.4, -0.2) is 36.0 Å². The Morgan fingerprint density at radius 3 is 1.60 bits per heavy atom. The number of halogens is 2. The second kappa shape index (κ2) is 13.7. The summed E-state index contributed by atoms with van der Waals surface area (Å²) in [6.45, 7) is 2.82. The third-order valence-electron chi connectivity index (χ3n) is 3.64. The van der Waals surface area contributed by atoms with Gasteiger partial charge in [-0.15, -0.1) is 0 Å². The van der Waals surface area contributed by atoms with Crippen molar-refractivity contribution in [3.05, 3.63) is 110 Å². The monoisotopic (exact) mass is 450 g/mol. The molecule has 0 saturated carbocycles. The standard InChI is InChI=1S/C10H16N.C7H7NO2.C6H4Cl2.H2O/c1-11(2,3)9-10-7-5-4-6-8-10;1-6-4-2-3-5-7(6)8(9)10;7-5-3-1-2-4-6(5)8;/h4-8H,9H2,1-3H3;2-5H,1H3;1-4H;1H2/q+1;;;/p-1. The molecule has 0 aromatic heterocycles. The van der Waals surface area contributed by atoms with Gasteiger partial charge in [-0.3, -0.25) is 10.1 Å². The molecular formula is C23H28Cl2N2O3. The molecule has 30 heavy (non-hydrogen) atoms. The van der Waals surface area contributed by atoms with Crippen molar-refractivity contribution in [1.82, 2.24) is 0 Å². The highest BCUT2D eigenvalue weighted by Gasteiger charge is 2.07. The first-order chi connectivity index (χ1) is 13.6. The summed E-state index contributed by atoms with van der Waals surface area (Å²) in [4.78, 5) is 9.85. The van der Waals surface area contributed by atoms with Gasteiger partial charge in [0.15, 0.2) is 0 Å². The summed E-state index contributed by atoms with van der Waals surface area (Å²) in [5.41, 5.74) is 2.29. The molecule has 0 spiro atoms. The first kappa shape index (κ1) is 27.6. The number of aryl methyl sites for hydroxylation is 1. The molecule has 1 N–H and O–H groups in total. The normalized spacial score (nSPS) is 9.80. The van der Waals surface area contributed by atoms with Gasteiger partial charge in [0, 0.05) is 17.2 Å². The maximum atomic E-state index is 10.2. The molecule has 0 unspecified atom stereocenters. The zero-order valence-corrected chi connectivity index (χ0v) is 19.1. The van der Waals surface area contributed by atoms with E-state index in [1.807, 2.05) is 12.1 Å². The summed E-state index contributed by atoms with van der Waals surface area (Å²) < 4.78 is 0.990. The summed E-state index contributed by atoms with van der Waals surface area (Å²) in [7, 11) is 6.60. The average molecular weight is 451 g/mol. The number of hydrogen-bond donors (Lipinski definition) is 0. The maximum absolute atomic E-state index is 10.2. The van der Waals surface area contributed by atoms with Crippen LogP contribution in [0.5, 0.6) is 0 Å². The van der Waals surface area contributed by atoms with E-state index >= 15 is 0 Å². The largest absolute Gasteiger partial charge is 0.870 e. The summed E-state index contributed by atoms with van der Waals surface area (Å²) >= 11 is 11.2. The average Bonchev–Trinajstić information content (AvgIpc) is 2.65. The number of hydrogen-bond acceptors (Lipinski definition) is 3. The van der Waals surface area contributed by atoms with Crippen molar-refractivity contribution < 1.29 is 14.9 Å². The highest BCUT2D eigenvalue weighted by atomic mass is 35.5. The summed E-state index contributed by atoms with van der Waals surface area (Å²) in [6, 6.07) is 24.4. The number of quaternary nitrogens is 1. The molecule has 7 heteroatoms. The second-order valence-electron chi connectivity index (χ2n) is 7.39. The zero-order chi connectivity index (χ0) is 21.9. The van der Waals surface area contributed by atoms with Crippen molar-refractivity contribution >= 4 is 28.9 Å². The number of benzene rings is 3. The van der Waals surface area contributed by atoms with Gasteiger partial charge in [-0.1, -0.05) is 83.9 Å². The second-order valence-corrected chi connectivity index (χ2v) is 8.21. The Labute approximate surface area is 188 Å². The minimum absolute atomic E-state index is 0. The minimum atomic E-state index is -0.380. The number of rotatable bonds is 3. The Bertz CT molecular complexity index is 877. The molecule has 0 aliphatic heterocycles. The molecule has 5 nitrogen and oxygen atoms in total. The van der Waals surface area contributed by atoms with Crippen molar-refractivity contribution in [2.75, 3.05) is 21.1 Å². The first-order valence-corrected chi connectivity index (χ1v) is 9.80. The van der Waals surface area contributed by atoms with E-state index in [1.54, 1.807) is 37.3 Å². The van der Waals surface area contributed by atoms with Crippen LogP contribution in [0.3, 0.4) is 0 Å². The molecule has 0 aliphatic rings. The van der Waals surface area contributed by atoms with Crippen LogP contribution in [-0.2, 0) is 6.54 Å². The SMILES string of the molecule is C[N+](C)(C)Cc1ccccc1.Cc1ccccc1[N+](=O)[O-].Clc1ccccc1Cl.[OH-]. The summed E-state index contributed by atoms with van der Waals surface area (Å²) in [5, 5.41) is 11.4. The van der Waals surface area contributed by atoms with Gasteiger partial charge < -0.3 is 9.96 Å². The van der Waals surface area contributed by atoms with Crippen molar-refractivity contribution in [3.8, 4) is 0 Å². The highest BCUT2D eigenvalue weighted by molar-refractivity contribution is 6.41. The highest BCUT2D eigenvalue weighted by Crippen LogP contribution is 2.19. The number of nitrogens with zero attached hydrogens (tertiary/aromatic N) is 2. The molecule has 0 radical (unpaired) electrons. The van der Waals surface area contributed by atoms with Gasteiger partial charge in [0.05, 0.1) is 36.1 Å². The van der Waals surface area contributed by atoms with E-state index < -0.39 is 0 Å². The quantitative estimate of drug-likeness (QED) is 0.255. The molecular weight excluding hydrogens is 423 g/mol. The Hall–Kier alpha value is -2.44. The van der Waals surface area contributed by atoms with Crippen molar-refractivity contribution in [2.45, 2.75) is 13.5 Å². The predicted octanol–water partition coefficient (Wildman–Crippen LogP) is 6.61. The molecule has 0 saturated heterocycles. The van der Waals surface area contributed by atoms with Crippen LogP contribution >= 0.6 is 23.2 Å². The molecule has 3 aromatic rings. The van der Waals surface area contributed by atoms with Crippen LogP contribution in [0.15, 0.2) is 78.9 Å². The lowest BCUT2D eigenvalue weighted by Gasteiger charge is -2.23. The van der Waals surface area contributed by atoms with E-state index in [0.29, 0.717) is 15.6 Å². The number of para-hydroxylation sites is 1. The molecule has 3 aromatic carbocycles. The Morgan fingerprint density at radius 1 is 0.800 bits per heavy atom. The maximum Gasteiger partial charge on any atom is 0.272 e. The Kier molecular flexibility index (Phi) is 12.6. The van der Waals surface area contributed by atoms with E-state index in [-0.39, 0.29) is 16.1 Å². The van der Waals surface area contributed by atoms with Crippen LogP contribution in [0.25, 0.3) is 0 Å². The molecule has 0 bridgehead atoms. The Morgan fingerprint density at radius 2 is 1.23 bits per heavy atom. The lowest BCUT2D eigenvalue weighted by atomic mass is 10.2. The smallest absolute Gasteiger partial charge is 0.272 e. The third-order valence-corrected chi connectivity index (χ3v) is 4.39. The van der Waals surface area contributed by atoms with Gasteiger partial charge in [0.25, 0.3) is 5.69 Å². The third kappa shape index (κ3) is 11.5. The lowest BCUT2D eigenvalue weighted by Crippen LogP contribution is -2.33. The van der Waals surface area contributed by atoms with E-state index in [9.17, 15) is 10.1 Å². The van der Waals surface area contributed by atoms with E-state index in [4.69, 9.17) is 23.2 Å². The van der Waals surface area contributed by atoms with Crippen molar-refractivity contribution in [2.24, 2.45) is 0 Å². The van der Waals surface area contributed by atoms with Gasteiger partial charge in [-0.2, -0.15) is 0 Å². The van der Waals surface area contributed by atoms with Crippen molar-refractivity contribution in [3.63, 3.8) is 0 Å². The van der Waals surface area contributed by atoms with Crippen LogP contribution in [0, 0.1) is 17.0 Å². The summed E-state index contributed by atoms with van der Waals surface area (Å²) in [5.74, 6) is 0. The Balaban J connectivity index is 0.000000418. The fraction of sp³-hybridized carbons (Fsp3) is 0.217. The van der Waals surface area contributed by atoms with Gasteiger partial charge in [-0.05, 0) is 19.1 Å². The molecule has 0 aliphatic carbocycles. The molecule has 0 heterocycles. The van der Waals surface area contributed by atoms with Gasteiger partial charge in [-0.25, -0.2) is 0 Å². The van der Waals surface area contributed by atoms with Gasteiger partial charge in [0.2, 0.25) is 0 Å². The van der Waals surface area contributed by atoms with Crippen molar-refractivity contribution in [1.29, 1.82) is 0 Å². The van der Waals surface area contributed by atoms with Crippen LogP contribution in [0.4, 0.5) is 5.69 Å². The number of nitro groups is 1. The number of nitro benzene ring substituents is 1. The first-order valence-electron chi connectivity index (χ1n) is 9.04. The molecule has 162 valence electrons. The van der Waals surface area contributed by atoms with E-state index in [1.165, 1.54) is 11.6 Å². The molecule has 0 amide bonds. The van der Waals surface area contributed by atoms with Crippen LogP contribution < -0.4 is 0 Å². The van der Waals surface area contributed by atoms with Gasteiger partial charge >= 0.3 is 0 Å².